The van der Waals surface area contributed by atoms with Gasteiger partial charge in [-0.2, -0.15) is 13.2 Å². The number of hydrogen-bond acceptors (Lipinski definition) is 3. The number of hydrogen-bond donors (Lipinski definition) is 3. The van der Waals surface area contributed by atoms with E-state index in [0.29, 0.717) is 35.9 Å². The maximum atomic E-state index is 12.6. The smallest absolute Gasteiger partial charge is 0.416 e. The van der Waals surface area contributed by atoms with Crippen LogP contribution in [0.3, 0.4) is 0 Å². The van der Waals surface area contributed by atoms with Crippen molar-refractivity contribution in [1.82, 2.24) is 10.6 Å². The Morgan fingerprint density at radius 3 is 2.36 bits per heavy atom. The van der Waals surface area contributed by atoms with Crippen molar-refractivity contribution >= 4 is 29.9 Å². The highest BCUT2D eigenvalue weighted by Gasteiger charge is 2.29. The number of phenols is 1. The Labute approximate surface area is 179 Å². The van der Waals surface area contributed by atoms with Gasteiger partial charge >= 0.3 is 6.18 Å². The third-order valence-electron chi connectivity index (χ3n) is 3.78. The van der Waals surface area contributed by atoms with Crippen LogP contribution in [0.1, 0.15) is 23.6 Å². The summed E-state index contributed by atoms with van der Waals surface area (Å²) in [5, 5.41) is 16.1. The van der Waals surface area contributed by atoms with E-state index >= 15 is 0 Å². The summed E-state index contributed by atoms with van der Waals surface area (Å²) in [4.78, 5) is 4.36. The van der Waals surface area contributed by atoms with Crippen molar-refractivity contribution in [1.29, 1.82) is 0 Å². The van der Waals surface area contributed by atoms with Crippen LogP contribution < -0.4 is 15.4 Å². The number of halogens is 4. The van der Waals surface area contributed by atoms with Crippen LogP contribution >= 0.6 is 24.0 Å². The van der Waals surface area contributed by atoms with Gasteiger partial charge in [-0.25, -0.2) is 4.99 Å². The van der Waals surface area contributed by atoms with Crippen molar-refractivity contribution in [3.8, 4) is 11.5 Å². The Morgan fingerprint density at radius 2 is 1.79 bits per heavy atom. The average Bonchev–Trinajstić information content (AvgIpc) is 2.64. The predicted molar refractivity (Wildman–Crippen MR) is 113 cm³/mol. The number of alkyl halides is 3. The van der Waals surface area contributed by atoms with Crippen LogP contribution in [0.4, 0.5) is 13.2 Å². The summed E-state index contributed by atoms with van der Waals surface area (Å²) in [5.74, 6) is 1.23. The summed E-state index contributed by atoms with van der Waals surface area (Å²) in [6, 6.07) is 9.80. The van der Waals surface area contributed by atoms with Crippen molar-refractivity contribution in [3.05, 3.63) is 59.2 Å². The van der Waals surface area contributed by atoms with Gasteiger partial charge in [-0.05, 0) is 42.8 Å². The topological polar surface area (TPSA) is 65.9 Å². The van der Waals surface area contributed by atoms with Crippen LogP contribution in [-0.2, 0) is 19.3 Å². The number of guanidine groups is 1. The van der Waals surface area contributed by atoms with Crippen LogP contribution in [0, 0.1) is 0 Å². The molecule has 5 nitrogen and oxygen atoms in total. The van der Waals surface area contributed by atoms with Gasteiger partial charge in [0.1, 0.15) is 11.5 Å². The molecule has 0 aliphatic rings. The lowest BCUT2D eigenvalue weighted by Gasteiger charge is -2.13. The second kappa shape index (κ2) is 11.0. The fourth-order valence-corrected chi connectivity index (χ4v) is 2.32. The highest BCUT2D eigenvalue weighted by molar-refractivity contribution is 14.0. The molecule has 0 heterocycles. The molecule has 0 unspecified atom stereocenters. The van der Waals surface area contributed by atoms with E-state index in [1.54, 1.807) is 25.3 Å². The van der Waals surface area contributed by atoms with Crippen molar-refractivity contribution < 1.29 is 23.0 Å². The Balaban J connectivity index is 0.00000392. The SMILES string of the molecule is CCNC(=NCc1ccc(C(F)(F)F)cc1)NCc1cc(OC)ccc1O.I. The minimum Gasteiger partial charge on any atom is -0.508 e. The van der Waals surface area contributed by atoms with Crippen molar-refractivity contribution in [3.63, 3.8) is 0 Å². The number of nitrogens with zero attached hydrogens (tertiary/aromatic N) is 1. The molecule has 2 rings (SSSR count). The number of methoxy groups -OCH3 is 1. The molecule has 154 valence electrons. The van der Waals surface area contributed by atoms with E-state index in [4.69, 9.17) is 4.74 Å². The molecule has 28 heavy (non-hydrogen) atoms. The first-order valence-electron chi connectivity index (χ1n) is 8.37. The van der Waals surface area contributed by atoms with Gasteiger partial charge in [0, 0.05) is 18.7 Å². The largest absolute Gasteiger partial charge is 0.508 e. The number of rotatable bonds is 6. The van der Waals surface area contributed by atoms with Crippen LogP contribution in [0.25, 0.3) is 0 Å². The van der Waals surface area contributed by atoms with Gasteiger partial charge in [0.15, 0.2) is 5.96 Å². The molecule has 0 radical (unpaired) electrons. The lowest BCUT2D eigenvalue weighted by Crippen LogP contribution is -2.36. The monoisotopic (exact) mass is 509 g/mol. The first-order valence-corrected chi connectivity index (χ1v) is 8.37. The van der Waals surface area contributed by atoms with Crippen LogP contribution in [0.2, 0.25) is 0 Å². The van der Waals surface area contributed by atoms with E-state index in [0.717, 1.165) is 12.1 Å². The second-order valence-corrected chi connectivity index (χ2v) is 5.74. The highest BCUT2D eigenvalue weighted by atomic mass is 127. The molecule has 0 aliphatic carbocycles. The molecular formula is C19H23F3IN3O2. The molecule has 0 aliphatic heterocycles. The normalized spacial score (nSPS) is 11.5. The molecule has 0 aromatic heterocycles. The third-order valence-corrected chi connectivity index (χ3v) is 3.78. The van der Waals surface area contributed by atoms with Crippen LogP contribution in [0.5, 0.6) is 11.5 Å². The maximum absolute atomic E-state index is 12.6. The van der Waals surface area contributed by atoms with E-state index in [1.807, 2.05) is 6.92 Å². The zero-order chi connectivity index (χ0) is 19.9. The van der Waals surface area contributed by atoms with Crippen molar-refractivity contribution in [2.24, 2.45) is 4.99 Å². The highest BCUT2D eigenvalue weighted by Crippen LogP contribution is 2.29. The number of phenolic OH excluding ortho intramolecular Hbond substituents is 1. The number of benzene rings is 2. The summed E-state index contributed by atoms with van der Waals surface area (Å²) < 4.78 is 43.0. The zero-order valence-corrected chi connectivity index (χ0v) is 17.8. The minimum absolute atomic E-state index is 0. The molecule has 0 fully saturated rings. The van der Waals surface area contributed by atoms with Crippen molar-refractivity contribution in [2.75, 3.05) is 13.7 Å². The van der Waals surface area contributed by atoms with E-state index in [-0.39, 0.29) is 36.3 Å². The van der Waals surface area contributed by atoms with Gasteiger partial charge < -0.3 is 20.5 Å². The van der Waals surface area contributed by atoms with Gasteiger partial charge in [0.05, 0.1) is 19.2 Å². The molecular weight excluding hydrogens is 486 g/mol. The van der Waals surface area contributed by atoms with Crippen molar-refractivity contribution in [2.45, 2.75) is 26.2 Å². The molecule has 0 atom stereocenters. The molecule has 0 saturated heterocycles. The standard InChI is InChI=1S/C19H22F3N3O2.HI/c1-3-23-18(25-12-14-10-16(27-2)8-9-17(14)26)24-11-13-4-6-15(7-5-13)19(20,21)22;/h4-10,26H,3,11-12H2,1-2H3,(H2,23,24,25);1H. The summed E-state index contributed by atoms with van der Waals surface area (Å²) >= 11 is 0. The minimum atomic E-state index is -4.35. The number of ether oxygens (including phenoxy) is 1. The average molecular weight is 509 g/mol. The zero-order valence-electron chi connectivity index (χ0n) is 15.5. The molecule has 0 saturated carbocycles. The Hall–Kier alpha value is -2.17. The second-order valence-electron chi connectivity index (χ2n) is 5.74. The molecule has 0 spiro atoms. The first kappa shape index (κ1) is 23.9. The van der Waals surface area contributed by atoms with Gasteiger partial charge in [-0.15, -0.1) is 24.0 Å². The fourth-order valence-electron chi connectivity index (χ4n) is 2.32. The third kappa shape index (κ3) is 7.10. The van der Waals surface area contributed by atoms with Crippen LogP contribution in [0.15, 0.2) is 47.5 Å². The molecule has 2 aromatic carbocycles. The molecule has 0 amide bonds. The summed E-state index contributed by atoms with van der Waals surface area (Å²) in [6.45, 7) is 3.04. The Bertz CT molecular complexity index is 781. The lowest BCUT2D eigenvalue weighted by molar-refractivity contribution is -0.137. The molecule has 9 heteroatoms. The number of nitrogens with one attached hydrogen (secondary N) is 2. The van der Waals surface area contributed by atoms with Crippen LogP contribution in [-0.4, -0.2) is 24.7 Å². The van der Waals surface area contributed by atoms with E-state index in [9.17, 15) is 18.3 Å². The Kier molecular flexibility index (Phi) is 9.36. The van der Waals surface area contributed by atoms with Gasteiger partial charge in [0.25, 0.3) is 0 Å². The number of aliphatic imine (C=N–C) groups is 1. The summed E-state index contributed by atoms with van der Waals surface area (Å²) in [5.41, 5.74) is 0.604. The fraction of sp³-hybridized carbons (Fsp3) is 0.316. The summed E-state index contributed by atoms with van der Waals surface area (Å²) in [7, 11) is 1.54. The molecule has 2 aromatic rings. The maximum Gasteiger partial charge on any atom is 0.416 e. The van der Waals surface area contributed by atoms with E-state index < -0.39 is 11.7 Å². The van der Waals surface area contributed by atoms with E-state index in [1.165, 1.54) is 12.1 Å². The van der Waals surface area contributed by atoms with Gasteiger partial charge in [0.2, 0.25) is 0 Å². The number of aromatic hydroxyl groups is 1. The molecule has 0 bridgehead atoms. The first-order chi connectivity index (χ1) is 12.8. The quantitative estimate of drug-likeness (QED) is 0.309. The lowest BCUT2D eigenvalue weighted by atomic mass is 10.1. The molecule has 3 N–H and O–H groups in total. The van der Waals surface area contributed by atoms with Gasteiger partial charge in [-0.3, -0.25) is 0 Å². The Morgan fingerprint density at radius 1 is 1.11 bits per heavy atom. The predicted octanol–water partition coefficient (Wildman–Crippen LogP) is 4.29. The summed E-state index contributed by atoms with van der Waals surface area (Å²) in [6.07, 6.45) is -4.35. The van der Waals surface area contributed by atoms with Gasteiger partial charge in [-0.1, -0.05) is 12.1 Å². The van der Waals surface area contributed by atoms with E-state index in [2.05, 4.69) is 15.6 Å².